The molecule has 0 radical (unpaired) electrons. The molecule has 2 aromatic rings. The van der Waals surface area contributed by atoms with E-state index in [1.807, 2.05) is 30.3 Å². The molecule has 0 bridgehead atoms. The van der Waals surface area contributed by atoms with Crippen molar-refractivity contribution < 1.29 is 9.53 Å². The van der Waals surface area contributed by atoms with Crippen molar-refractivity contribution >= 4 is 16.7 Å². The standard InChI is InChI=1S/C20H25NO2/c22-20(21-17-11-4-2-1-3-5-12-17)15-23-19-14-8-10-16-9-6-7-13-18(16)19/h6-10,13-14,17H,1-5,11-12,15H2,(H,21,22). The molecule has 122 valence electrons. The molecule has 1 aliphatic carbocycles. The summed E-state index contributed by atoms with van der Waals surface area (Å²) in [6, 6.07) is 14.3. The summed E-state index contributed by atoms with van der Waals surface area (Å²) in [4.78, 5) is 12.2. The normalized spacial score (nSPS) is 16.5. The lowest BCUT2D eigenvalue weighted by Gasteiger charge is -2.21. The number of carbonyl (C=O) groups excluding carboxylic acids is 1. The van der Waals surface area contributed by atoms with Gasteiger partial charge in [-0.25, -0.2) is 0 Å². The third-order valence-electron chi connectivity index (χ3n) is 4.58. The number of hydrogen-bond acceptors (Lipinski definition) is 2. The Bertz CT molecular complexity index is 640. The fourth-order valence-electron chi connectivity index (χ4n) is 3.33. The first-order chi connectivity index (χ1) is 11.3. The fourth-order valence-corrected chi connectivity index (χ4v) is 3.33. The van der Waals surface area contributed by atoms with Gasteiger partial charge in [0, 0.05) is 11.4 Å². The topological polar surface area (TPSA) is 38.3 Å². The number of benzene rings is 2. The summed E-state index contributed by atoms with van der Waals surface area (Å²) >= 11 is 0. The van der Waals surface area contributed by atoms with E-state index < -0.39 is 0 Å². The molecule has 3 heteroatoms. The lowest BCUT2D eigenvalue weighted by Crippen LogP contribution is -2.38. The maximum atomic E-state index is 12.2. The van der Waals surface area contributed by atoms with E-state index in [4.69, 9.17) is 4.74 Å². The smallest absolute Gasteiger partial charge is 0.258 e. The highest BCUT2D eigenvalue weighted by molar-refractivity contribution is 5.88. The first-order valence-electron chi connectivity index (χ1n) is 8.73. The van der Waals surface area contributed by atoms with Gasteiger partial charge in [0.05, 0.1) is 0 Å². The Hall–Kier alpha value is -2.03. The summed E-state index contributed by atoms with van der Waals surface area (Å²) in [5, 5.41) is 5.32. The monoisotopic (exact) mass is 311 g/mol. The van der Waals surface area contributed by atoms with Crippen molar-refractivity contribution in [2.45, 2.75) is 51.0 Å². The number of nitrogens with one attached hydrogen (secondary N) is 1. The molecule has 2 aromatic carbocycles. The average molecular weight is 311 g/mol. The summed E-state index contributed by atoms with van der Waals surface area (Å²) in [5.74, 6) is 0.763. The van der Waals surface area contributed by atoms with E-state index in [0.29, 0.717) is 6.04 Å². The van der Waals surface area contributed by atoms with Crippen LogP contribution in [0.4, 0.5) is 0 Å². The van der Waals surface area contributed by atoms with Crippen molar-refractivity contribution in [1.29, 1.82) is 0 Å². The van der Waals surface area contributed by atoms with E-state index in [9.17, 15) is 4.79 Å². The SMILES string of the molecule is O=C(COc1cccc2ccccc12)NC1CCCCCCC1. The summed E-state index contributed by atoms with van der Waals surface area (Å²) in [5.41, 5.74) is 0. The van der Waals surface area contributed by atoms with Gasteiger partial charge in [0.15, 0.2) is 6.61 Å². The Kier molecular flexibility index (Phi) is 5.51. The number of carbonyl (C=O) groups is 1. The molecule has 1 amide bonds. The van der Waals surface area contributed by atoms with Gasteiger partial charge in [-0.3, -0.25) is 4.79 Å². The Morgan fingerprint density at radius 3 is 2.48 bits per heavy atom. The molecule has 0 saturated heterocycles. The van der Waals surface area contributed by atoms with Gasteiger partial charge in [-0.15, -0.1) is 0 Å². The largest absolute Gasteiger partial charge is 0.483 e. The molecule has 3 rings (SSSR count). The molecule has 1 aliphatic rings. The summed E-state index contributed by atoms with van der Waals surface area (Å²) in [7, 11) is 0. The Labute approximate surface area is 138 Å². The maximum Gasteiger partial charge on any atom is 0.258 e. The summed E-state index contributed by atoms with van der Waals surface area (Å²) in [6.45, 7) is 0.0878. The van der Waals surface area contributed by atoms with Crippen LogP contribution in [0.5, 0.6) is 5.75 Å². The number of hydrogen-bond donors (Lipinski definition) is 1. The van der Waals surface area contributed by atoms with E-state index in [-0.39, 0.29) is 12.5 Å². The molecular weight excluding hydrogens is 286 g/mol. The molecule has 0 aliphatic heterocycles. The second-order valence-electron chi connectivity index (χ2n) is 6.38. The van der Waals surface area contributed by atoms with Crippen molar-refractivity contribution in [3.63, 3.8) is 0 Å². The van der Waals surface area contributed by atoms with Crippen molar-refractivity contribution in [2.24, 2.45) is 0 Å². The second kappa shape index (κ2) is 8.00. The molecule has 0 unspecified atom stereocenters. The lowest BCUT2D eigenvalue weighted by atomic mass is 9.97. The van der Waals surface area contributed by atoms with Gasteiger partial charge in [0.1, 0.15) is 5.75 Å². The zero-order valence-electron chi connectivity index (χ0n) is 13.6. The van der Waals surface area contributed by atoms with Gasteiger partial charge < -0.3 is 10.1 Å². The molecule has 0 spiro atoms. The number of fused-ring (bicyclic) bond motifs is 1. The third kappa shape index (κ3) is 4.47. The summed E-state index contributed by atoms with van der Waals surface area (Å²) in [6.07, 6.45) is 8.55. The third-order valence-corrected chi connectivity index (χ3v) is 4.58. The quantitative estimate of drug-likeness (QED) is 0.906. The van der Waals surface area contributed by atoms with Gasteiger partial charge in [0.2, 0.25) is 0 Å². The molecule has 1 N–H and O–H groups in total. The first kappa shape index (κ1) is 15.9. The highest BCUT2D eigenvalue weighted by Gasteiger charge is 2.14. The molecule has 0 heterocycles. The van der Waals surface area contributed by atoms with Crippen LogP contribution >= 0.6 is 0 Å². The average Bonchev–Trinajstić information content (AvgIpc) is 2.55. The van der Waals surface area contributed by atoms with Crippen LogP contribution in [-0.4, -0.2) is 18.6 Å². The minimum Gasteiger partial charge on any atom is -0.483 e. The predicted molar refractivity (Wildman–Crippen MR) is 93.7 cm³/mol. The molecular formula is C20H25NO2. The van der Waals surface area contributed by atoms with Crippen LogP contribution in [0.1, 0.15) is 44.9 Å². The zero-order valence-corrected chi connectivity index (χ0v) is 13.6. The van der Waals surface area contributed by atoms with Gasteiger partial charge in [-0.05, 0) is 24.3 Å². The van der Waals surface area contributed by atoms with Gasteiger partial charge in [0.25, 0.3) is 5.91 Å². The van der Waals surface area contributed by atoms with Gasteiger partial charge >= 0.3 is 0 Å². The van der Waals surface area contributed by atoms with Gasteiger partial charge in [-0.2, -0.15) is 0 Å². The fraction of sp³-hybridized carbons (Fsp3) is 0.450. The van der Waals surface area contributed by atoms with Crippen molar-refractivity contribution in [3.05, 3.63) is 42.5 Å². The molecule has 0 aromatic heterocycles. The maximum absolute atomic E-state index is 12.2. The summed E-state index contributed by atoms with van der Waals surface area (Å²) < 4.78 is 5.77. The number of ether oxygens (including phenoxy) is 1. The van der Waals surface area contributed by atoms with Crippen molar-refractivity contribution in [3.8, 4) is 5.75 Å². The van der Waals surface area contributed by atoms with Crippen LogP contribution in [-0.2, 0) is 4.79 Å². The second-order valence-corrected chi connectivity index (χ2v) is 6.38. The Morgan fingerprint density at radius 2 is 1.65 bits per heavy atom. The first-order valence-corrected chi connectivity index (χ1v) is 8.73. The zero-order chi connectivity index (χ0) is 15.9. The van der Waals surface area contributed by atoms with Crippen LogP contribution in [0.15, 0.2) is 42.5 Å². The lowest BCUT2D eigenvalue weighted by molar-refractivity contribution is -0.123. The Morgan fingerprint density at radius 1 is 0.957 bits per heavy atom. The molecule has 1 saturated carbocycles. The highest BCUT2D eigenvalue weighted by Crippen LogP contribution is 2.25. The molecule has 0 atom stereocenters. The van der Waals surface area contributed by atoms with Crippen molar-refractivity contribution in [1.82, 2.24) is 5.32 Å². The number of amides is 1. The Balaban J connectivity index is 1.55. The minimum atomic E-state index is -0.0106. The van der Waals surface area contributed by atoms with Crippen LogP contribution < -0.4 is 10.1 Å². The van der Waals surface area contributed by atoms with Crippen LogP contribution in [0.25, 0.3) is 10.8 Å². The van der Waals surface area contributed by atoms with Crippen LogP contribution in [0, 0.1) is 0 Å². The van der Waals surface area contributed by atoms with Crippen molar-refractivity contribution in [2.75, 3.05) is 6.61 Å². The van der Waals surface area contributed by atoms with E-state index >= 15 is 0 Å². The van der Waals surface area contributed by atoms with E-state index in [1.54, 1.807) is 0 Å². The highest BCUT2D eigenvalue weighted by atomic mass is 16.5. The molecule has 3 nitrogen and oxygen atoms in total. The van der Waals surface area contributed by atoms with Gasteiger partial charge in [-0.1, -0.05) is 68.5 Å². The molecule has 23 heavy (non-hydrogen) atoms. The van der Waals surface area contributed by atoms with Crippen LogP contribution in [0.3, 0.4) is 0 Å². The minimum absolute atomic E-state index is 0.0106. The van der Waals surface area contributed by atoms with E-state index in [0.717, 1.165) is 29.4 Å². The predicted octanol–water partition coefficient (Wildman–Crippen LogP) is 4.45. The van der Waals surface area contributed by atoms with E-state index in [1.165, 1.54) is 32.1 Å². The number of rotatable bonds is 4. The molecule has 1 fully saturated rings. The van der Waals surface area contributed by atoms with E-state index in [2.05, 4.69) is 17.4 Å². The van der Waals surface area contributed by atoms with Crippen LogP contribution in [0.2, 0.25) is 0 Å².